The summed E-state index contributed by atoms with van der Waals surface area (Å²) < 4.78 is 0. The van der Waals surface area contributed by atoms with Crippen molar-refractivity contribution in [2.45, 2.75) is 0 Å². The average Bonchev–Trinajstić information content (AvgIpc) is 3.17. The van der Waals surface area contributed by atoms with Crippen LogP contribution in [0.15, 0.2) is 146 Å². The van der Waals surface area contributed by atoms with Gasteiger partial charge >= 0.3 is 0 Å². The van der Waals surface area contributed by atoms with E-state index in [1.807, 2.05) is 36.9 Å². The number of anilines is 3. The highest BCUT2D eigenvalue weighted by atomic mass is 15.1. The van der Waals surface area contributed by atoms with E-state index in [0.29, 0.717) is 0 Å². The highest BCUT2D eigenvalue weighted by Crippen LogP contribution is 2.51. The van der Waals surface area contributed by atoms with E-state index < -0.39 is 0 Å². The number of pyridine rings is 3. The van der Waals surface area contributed by atoms with Gasteiger partial charge in [0, 0.05) is 63.7 Å². The largest absolute Gasteiger partial charge is 0.309 e. The molecule has 3 aromatic heterocycles. The van der Waals surface area contributed by atoms with Crippen LogP contribution in [0.25, 0.3) is 55.5 Å². The molecule has 0 aliphatic carbocycles. The summed E-state index contributed by atoms with van der Waals surface area (Å²) in [6, 6.07) is 42.5. The zero-order valence-electron chi connectivity index (χ0n) is 22.1. The number of para-hydroxylation sites is 1. The molecule has 192 valence electrons. The molecule has 0 atom stereocenters. The van der Waals surface area contributed by atoms with E-state index in [0.717, 1.165) is 67.2 Å². The highest BCUT2D eigenvalue weighted by Gasteiger charge is 2.27. The van der Waals surface area contributed by atoms with Crippen LogP contribution in [-0.4, -0.2) is 15.0 Å². The Morgan fingerprint density at radius 2 is 1.37 bits per heavy atom. The molecular formula is C37H24N4. The summed E-state index contributed by atoms with van der Waals surface area (Å²) in [5.41, 5.74) is 11.9. The molecule has 4 heteroatoms. The first-order valence-electron chi connectivity index (χ1n) is 13.7. The topological polar surface area (TPSA) is 41.9 Å². The predicted octanol–water partition coefficient (Wildman–Crippen LogP) is 9.48. The summed E-state index contributed by atoms with van der Waals surface area (Å²) in [4.78, 5) is 16.4. The van der Waals surface area contributed by atoms with Crippen molar-refractivity contribution in [1.29, 1.82) is 0 Å². The van der Waals surface area contributed by atoms with Crippen molar-refractivity contribution in [1.82, 2.24) is 15.0 Å². The molecule has 0 radical (unpaired) electrons. The van der Waals surface area contributed by atoms with Gasteiger partial charge in [-0.3, -0.25) is 15.0 Å². The first-order chi connectivity index (χ1) is 20.3. The molecule has 0 unspecified atom stereocenters. The normalized spacial score (nSPS) is 11.9. The number of rotatable bonds is 3. The maximum Gasteiger partial charge on any atom is 0.0781 e. The van der Waals surface area contributed by atoms with Crippen LogP contribution in [0.3, 0.4) is 0 Å². The summed E-state index contributed by atoms with van der Waals surface area (Å²) in [6.07, 6.45) is 7.59. The van der Waals surface area contributed by atoms with E-state index in [2.05, 4.69) is 124 Å². The minimum Gasteiger partial charge on any atom is -0.309 e. The fourth-order valence-corrected chi connectivity index (χ4v) is 5.93. The Hall–Kier alpha value is -5.61. The molecule has 4 heterocycles. The van der Waals surface area contributed by atoms with Crippen molar-refractivity contribution in [2.75, 3.05) is 4.90 Å². The van der Waals surface area contributed by atoms with Crippen molar-refractivity contribution in [3.63, 3.8) is 0 Å². The molecule has 0 fully saturated rings. The van der Waals surface area contributed by atoms with Crippen LogP contribution in [0.4, 0.5) is 17.1 Å². The fraction of sp³-hybridized carbons (Fsp3) is 0. The molecule has 4 nitrogen and oxygen atoms in total. The first-order valence-corrected chi connectivity index (χ1v) is 13.7. The fourth-order valence-electron chi connectivity index (χ4n) is 5.93. The van der Waals surface area contributed by atoms with Gasteiger partial charge in [0.05, 0.1) is 22.8 Å². The molecule has 0 saturated carbocycles. The molecule has 0 spiro atoms. The van der Waals surface area contributed by atoms with Crippen LogP contribution in [0, 0.1) is 0 Å². The SMILES string of the molecule is c1ccc(-c2cccc(N3c4ccccc4-c4cnccc4-c4ccc(-c5nccc6ccccc56)cc43)c2)nc1. The van der Waals surface area contributed by atoms with Gasteiger partial charge < -0.3 is 4.90 Å². The zero-order valence-corrected chi connectivity index (χ0v) is 22.1. The van der Waals surface area contributed by atoms with E-state index in [4.69, 9.17) is 4.98 Å². The van der Waals surface area contributed by atoms with Gasteiger partial charge in [0.1, 0.15) is 0 Å². The van der Waals surface area contributed by atoms with E-state index in [-0.39, 0.29) is 0 Å². The molecular weight excluding hydrogens is 500 g/mol. The molecule has 0 bridgehead atoms. The van der Waals surface area contributed by atoms with Crippen molar-refractivity contribution >= 4 is 27.8 Å². The minimum absolute atomic E-state index is 0.943. The second-order valence-electron chi connectivity index (χ2n) is 10.2. The molecule has 0 N–H and O–H groups in total. The number of nitrogens with zero attached hydrogens (tertiary/aromatic N) is 4. The van der Waals surface area contributed by atoms with E-state index in [9.17, 15) is 0 Å². The number of hydrogen-bond donors (Lipinski definition) is 0. The molecule has 0 saturated heterocycles. The Kier molecular flexibility index (Phi) is 5.42. The first kappa shape index (κ1) is 23.3. The van der Waals surface area contributed by atoms with Gasteiger partial charge in [-0.25, -0.2) is 0 Å². The van der Waals surface area contributed by atoms with Crippen LogP contribution in [0.1, 0.15) is 0 Å². The Morgan fingerprint density at radius 1 is 0.488 bits per heavy atom. The van der Waals surface area contributed by atoms with Gasteiger partial charge in [0.25, 0.3) is 0 Å². The van der Waals surface area contributed by atoms with Crippen molar-refractivity contribution in [3.8, 4) is 44.8 Å². The second-order valence-corrected chi connectivity index (χ2v) is 10.2. The second kappa shape index (κ2) is 9.54. The lowest BCUT2D eigenvalue weighted by molar-refractivity contribution is 1.28. The molecule has 8 rings (SSSR count). The third kappa shape index (κ3) is 3.88. The molecule has 41 heavy (non-hydrogen) atoms. The smallest absolute Gasteiger partial charge is 0.0781 e. The minimum atomic E-state index is 0.943. The molecule has 1 aliphatic heterocycles. The van der Waals surface area contributed by atoms with E-state index in [1.165, 1.54) is 5.39 Å². The summed E-state index contributed by atoms with van der Waals surface area (Å²) in [5, 5.41) is 2.31. The van der Waals surface area contributed by atoms with Crippen LogP contribution < -0.4 is 4.90 Å². The van der Waals surface area contributed by atoms with Crippen LogP contribution in [-0.2, 0) is 0 Å². The van der Waals surface area contributed by atoms with Crippen LogP contribution >= 0.6 is 0 Å². The third-order valence-electron chi connectivity index (χ3n) is 7.80. The van der Waals surface area contributed by atoms with Crippen LogP contribution in [0.5, 0.6) is 0 Å². The predicted molar refractivity (Wildman–Crippen MR) is 167 cm³/mol. The van der Waals surface area contributed by atoms with Gasteiger partial charge in [-0.1, -0.05) is 72.8 Å². The number of aromatic nitrogens is 3. The van der Waals surface area contributed by atoms with Gasteiger partial charge in [-0.05, 0) is 59.5 Å². The van der Waals surface area contributed by atoms with Crippen molar-refractivity contribution < 1.29 is 0 Å². The Morgan fingerprint density at radius 3 is 2.32 bits per heavy atom. The monoisotopic (exact) mass is 524 g/mol. The maximum absolute atomic E-state index is 4.85. The summed E-state index contributed by atoms with van der Waals surface area (Å²) >= 11 is 0. The Labute approximate surface area is 238 Å². The molecule has 1 aliphatic rings. The van der Waals surface area contributed by atoms with Crippen LogP contribution in [0.2, 0.25) is 0 Å². The molecule has 4 aromatic carbocycles. The van der Waals surface area contributed by atoms with Gasteiger partial charge in [0.15, 0.2) is 0 Å². The standard InChI is InChI=1S/C37H24N4/c1-2-11-29-25(8-1)17-21-40-37(29)27-15-16-32-30-18-20-38-24-33(30)31-12-3-4-14-35(31)41(36(32)23-27)28-10-7-9-26(22-28)34-13-5-6-19-39-34/h1-24H. The Bertz CT molecular complexity index is 2060. The summed E-state index contributed by atoms with van der Waals surface area (Å²) in [6.45, 7) is 0. The lowest BCUT2D eigenvalue weighted by Gasteiger charge is -2.28. The lowest BCUT2D eigenvalue weighted by Crippen LogP contribution is -2.11. The van der Waals surface area contributed by atoms with E-state index in [1.54, 1.807) is 0 Å². The summed E-state index contributed by atoms with van der Waals surface area (Å²) in [7, 11) is 0. The molecule has 0 amide bonds. The maximum atomic E-state index is 4.85. The van der Waals surface area contributed by atoms with Gasteiger partial charge in [0.2, 0.25) is 0 Å². The number of benzene rings is 4. The summed E-state index contributed by atoms with van der Waals surface area (Å²) in [5.74, 6) is 0. The zero-order chi connectivity index (χ0) is 27.2. The van der Waals surface area contributed by atoms with Gasteiger partial charge in [-0.15, -0.1) is 0 Å². The van der Waals surface area contributed by atoms with E-state index >= 15 is 0 Å². The number of fused-ring (bicyclic) bond motifs is 6. The average molecular weight is 525 g/mol. The van der Waals surface area contributed by atoms with Gasteiger partial charge in [-0.2, -0.15) is 0 Å². The quantitative estimate of drug-likeness (QED) is 0.231. The Balaban J connectivity index is 1.42. The van der Waals surface area contributed by atoms with Crippen molar-refractivity contribution in [2.24, 2.45) is 0 Å². The molecule has 7 aromatic rings. The highest BCUT2D eigenvalue weighted by molar-refractivity contribution is 6.04. The van der Waals surface area contributed by atoms with Crippen molar-refractivity contribution in [3.05, 3.63) is 146 Å². The lowest BCUT2D eigenvalue weighted by atomic mass is 9.95. The third-order valence-corrected chi connectivity index (χ3v) is 7.80. The number of hydrogen-bond acceptors (Lipinski definition) is 4.